The fraction of sp³-hybridized carbons (Fsp3) is 0.147. The Balaban J connectivity index is 1.54. The van der Waals surface area contributed by atoms with E-state index in [0.717, 1.165) is 11.1 Å². The monoisotopic (exact) mass is 547 g/mol. The van der Waals surface area contributed by atoms with Crippen LogP contribution in [0.3, 0.4) is 0 Å². The van der Waals surface area contributed by atoms with Crippen molar-refractivity contribution in [2.75, 3.05) is 4.90 Å². The average Bonchev–Trinajstić information content (AvgIpc) is 3.39. The van der Waals surface area contributed by atoms with E-state index in [2.05, 4.69) is 0 Å². The van der Waals surface area contributed by atoms with Gasteiger partial charge in [0.25, 0.3) is 0 Å². The molecule has 0 bridgehead atoms. The molecule has 1 aliphatic carbocycles. The van der Waals surface area contributed by atoms with Gasteiger partial charge >= 0.3 is 0 Å². The quantitative estimate of drug-likeness (QED) is 0.203. The van der Waals surface area contributed by atoms with E-state index in [1.165, 1.54) is 12.1 Å². The minimum absolute atomic E-state index is 0.219. The Hall–Kier alpha value is -4.35. The van der Waals surface area contributed by atoms with Gasteiger partial charge in [0.1, 0.15) is 17.3 Å². The second kappa shape index (κ2) is 8.83. The number of rotatable bonds is 3. The van der Waals surface area contributed by atoms with Crippen molar-refractivity contribution in [2.24, 2.45) is 5.41 Å². The minimum atomic E-state index is -1.62. The molecule has 3 aliphatic rings. The average molecular weight is 548 g/mol. The molecule has 40 heavy (non-hydrogen) atoms. The van der Waals surface area contributed by atoms with Gasteiger partial charge in [-0.2, -0.15) is 0 Å². The first kappa shape index (κ1) is 24.7. The van der Waals surface area contributed by atoms with Crippen LogP contribution in [0.15, 0.2) is 97.1 Å². The number of ketones is 3. The predicted molar refractivity (Wildman–Crippen MR) is 153 cm³/mol. The Bertz CT molecular complexity index is 1720. The summed E-state index contributed by atoms with van der Waals surface area (Å²) in [5.74, 6) is -2.19. The topological polar surface area (TPSA) is 54.5 Å². The first-order valence-corrected chi connectivity index (χ1v) is 13.5. The zero-order chi connectivity index (χ0) is 27.8. The number of benzene rings is 4. The number of hydrogen-bond donors (Lipinski definition) is 0. The number of carbonyl (C=O) groups excluding carboxylic acids is 3. The van der Waals surface area contributed by atoms with Gasteiger partial charge in [-0.3, -0.25) is 14.4 Å². The molecule has 0 radical (unpaired) electrons. The van der Waals surface area contributed by atoms with Gasteiger partial charge in [0, 0.05) is 33.3 Å². The third-order valence-electron chi connectivity index (χ3n) is 8.60. The summed E-state index contributed by atoms with van der Waals surface area (Å²) < 4.78 is 14.2. The summed E-state index contributed by atoms with van der Waals surface area (Å²) in [6.45, 7) is 1.94. The van der Waals surface area contributed by atoms with Crippen molar-refractivity contribution < 1.29 is 18.8 Å². The largest absolute Gasteiger partial charge is 0.352 e. The van der Waals surface area contributed by atoms with E-state index in [1.807, 2.05) is 48.2 Å². The molecule has 0 aromatic heterocycles. The molecule has 1 fully saturated rings. The van der Waals surface area contributed by atoms with Crippen LogP contribution in [0.25, 0.3) is 6.08 Å². The molecule has 0 amide bonds. The van der Waals surface area contributed by atoms with Gasteiger partial charge in [-0.1, -0.05) is 90.0 Å². The molecular formula is C34H23ClFNO3. The van der Waals surface area contributed by atoms with E-state index < -0.39 is 29.2 Å². The Morgan fingerprint density at radius 3 is 2.17 bits per heavy atom. The van der Waals surface area contributed by atoms with Gasteiger partial charge in [-0.25, -0.2) is 4.39 Å². The van der Waals surface area contributed by atoms with Crippen molar-refractivity contribution >= 4 is 40.7 Å². The molecule has 4 aromatic carbocycles. The number of aryl methyl sites for hydroxylation is 1. The molecule has 2 heterocycles. The highest BCUT2D eigenvalue weighted by Gasteiger charge is 2.71. The van der Waals surface area contributed by atoms with Crippen LogP contribution in [0.2, 0.25) is 5.02 Å². The first-order chi connectivity index (χ1) is 19.3. The van der Waals surface area contributed by atoms with Crippen LogP contribution < -0.4 is 4.90 Å². The van der Waals surface area contributed by atoms with Crippen molar-refractivity contribution in [2.45, 2.75) is 24.9 Å². The third kappa shape index (κ3) is 3.28. The second-order valence-corrected chi connectivity index (χ2v) is 11.1. The molecule has 0 saturated carbocycles. The Morgan fingerprint density at radius 2 is 1.52 bits per heavy atom. The summed E-state index contributed by atoms with van der Waals surface area (Å²) in [7, 11) is 0. The summed E-state index contributed by atoms with van der Waals surface area (Å²) in [4.78, 5) is 45.6. The maximum Gasteiger partial charge on any atom is 0.185 e. The zero-order valence-corrected chi connectivity index (χ0v) is 22.2. The number of carbonyl (C=O) groups is 3. The van der Waals surface area contributed by atoms with Gasteiger partial charge < -0.3 is 4.90 Å². The van der Waals surface area contributed by atoms with Crippen LogP contribution in [-0.4, -0.2) is 29.4 Å². The molecule has 1 unspecified atom stereocenters. The standard InChI is InChI=1S/C34H23ClFNO3/c1-19-6-8-21(9-7-19)31(38)30-29(20-10-14-24(36)15-11-20)34(32(39)25-4-2-3-5-26(25)33(34)40)28-17-12-22-18-23(35)13-16-27(22)37(28)30/h2-18,28-30H,1H3/t28?,29-,30+/m0/s1. The first-order valence-electron chi connectivity index (χ1n) is 13.1. The van der Waals surface area contributed by atoms with Crippen LogP contribution in [0.1, 0.15) is 53.7 Å². The molecule has 1 saturated heterocycles. The molecule has 1 spiro atoms. The molecule has 196 valence electrons. The summed E-state index contributed by atoms with van der Waals surface area (Å²) >= 11 is 6.33. The van der Waals surface area contributed by atoms with Crippen molar-refractivity contribution in [3.8, 4) is 0 Å². The third-order valence-corrected chi connectivity index (χ3v) is 8.83. The van der Waals surface area contributed by atoms with Crippen LogP contribution in [0, 0.1) is 18.2 Å². The Morgan fingerprint density at radius 1 is 0.875 bits per heavy atom. The molecule has 7 rings (SSSR count). The van der Waals surface area contributed by atoms with E-state index in [0.29, 0.717) is 33.0 Å². The van der Waals surface area contributed by atoms with E-state index in [1.54, 1.807) is 54.6 Å². The highest BCUT2D eigenvalue weighted by molar-refractivity contribution is 6.32. The van der Waals surface area contributed by atoms with Crippen LogP contribution in [0.4, 0.5) is 10.1 Å². The highest BCUT2D eigenvalue weighted by atomic mass is 35.5. The Labute approximate surface area is 235 Å². The number of Topliss-reactive ketones (excluding diaryl/α,β-unsaturated/α-hetero) is 3. The fourth-order valence-electron chi connectivity index (χ4n) is 6.88. The second-order valence-electron chi connectivity index (χ2n) is 10.7. The van der Waals surface area contributed by atoms with Gasteiger partial charge in [-0.05, 0) is 48.4 Å². The van der Waals surface area contributed by atoms with Gasteiger partial charge in [-0.15, -0.1) is 0 Å². The molecule has 4 nitrogen and oxygen atoms in total. The lowest BCUT2D eigenvalue weighted by Gasteiger charge is -2.37. The predicted octanol–water partition coefficient (Wildman–Crippen LogP) is 7.10. The maximum atomic E-state index is 14.6. The normalized spacial score (nSPS) is 21.9. The van der Waals surface area contributed by atoms with Crippen molar-refractivity contribution in [1.29, 1.82) is 0 Å². The van der Waals surface area contributed by atoms with Crippen molar-refractivity contribution in [3.63, 3.8) is 0 Å². The van der Waals surface area contributed by atoms with Crippen LogP contribution in [0.5, 0.6) is 0 Å². The van der Waals surface area contributed by atoms with E-state index >= 15 is 0 Å². The Kier molecular flexibility index (Phi) is 5.45. The number of nitrogens with zero attached hydrogens (tertiary/aromatic N) is 1. The SMILES string of the molecule is Cc1ccc(C(=O)[C@H]2[C@H](c3ccc(F)cc3)C3(C(=O)c4ccccc4C3=O)C3C=Cc4cc(Cl)ccc4N32)cc1. The molecule has 3 atom stereocenters. The lowest BCUT2D eigenvalue weighted by molar-refractivity contribution is 0.0666. The maximum absolute atomic E-state index is 14.6. The number of hydrogen-bond acceptors (Lipinski definition) is 4. The summed E-state index contributed by atoms with van der Waals surface area (Å²) in [5.41, 5.74) is 2.60. The van der Waals surface area contributed by atoms with Gasteiger partial charge in [0.2, 0.25) is 0 Å². The van der Waals surface area contributed by atoms with Gasteiger partial charge in [0.05, 0.1) is 6.04 Å². The summed E-state index contributed by atoms with van der Waals surface area (Å²) in [5, 5.41) is 0.535. The zero-order valence-electron chi connectivity index (χ0n) is 21.5. The molecule has 6 heteroatoms. The summed E-state index contributed by atoms with van der Waals surface area (Å²) in [6, 6.07) is 23.6. The van der Waals surface area contributed by atoms with Crippen LogP contribution in [-0.2, 0) is 0 Å². The van der Waals surface area contributed by atoms with E-state index in [4.69, 9.17) is 11.6 Å². The number of halogens is 2. The van der Waals surface area contributed by atoms with Crippen molar-refractivity contribution in [3.05, 3.63) is 141 Å². The lowest BCUT2D eigenvalue weighted by Crippen LogP contribution is -2.48. The van der Waals surface area contributed by atoms with Gasteiger partial charge in [0.15, 0.2) is 17.3 Å². The fourth-order valence-corrected chi connectivity index (χ4v) is 7.06. The van der Waals surface area contributed by atoms with E-state index in [9.17, 15) is 18.8 Å². The molecule has 2 aliphatic heterocycles. The molecular weight excluding hydrogens is 525 g/mol. The number of anilines is 1. The van der Waals surface area contributed by atoms with Crippen LogP contribution >= 0.6 is 11.6 Å². The lowest BCUT2D eigenvalue weighted by atomic mass is 9.64. The molecule has 0 N–H and O–H groups in total. The smallest absolute Gasteiger partial charge is 0.185 e. The highest BCUT2D eigenvalue weighted by Crippen LogP contribution is 2.61. The number of fused-ring (bicyclic) bond motifs is 5. The van der Waals surface area contributed by atoms with Crippen molar-refractivity contribution in [1.82, 2.24) is 0 Å². The molecule has 4 aromatic rings. The minimum Gasteiger partial charge on any atom is -0.352 e. The van der Waals surface area contributed by atoms with E-state index in [-0.39, 0.29) is 17.3 Å². The summed E-state index contributed by atoms with van der Waals surface area (Å²) in [6.07, 6.45) is 3.72.